The van der Waals surface area contributed by atoms with E-state index in [0.717, 1.165) is 13.0 Å². The van der Waals surface area contributed by atoms with Crippen molar-refractivity contribution >= 4 is 15.7 Å². The number of anilines is 1. The summed E-state index contributed by atoms with van der Waals surface area (Å²) in [6.07, 6.45) is 8.99. The van der Waals surface area contributed by atoms with Crippen molar-refractivity contribution < 1.29 is 8.42 Å². The number of sulfone groups is 1. The smallest absolute Gasteiger partial charge is 0.179 e. The second-order valence-electron chi connectivity index (χ2n) is 4.20. The summed E-state index contributed by atoms with van der Waals surface area (Å²) in [5.74, 6) is 0.413. The summed E-state index contributed by atoms with van der Waals surface area (Å²) in [5.41, 5.74) is 0. The maximum Gasteiger partial charge on any atom is 0.179 e. The van der Waals surface area contributed by atoms with Crippen molar-refractivity contribution in [2.24, 2.45) is 0 Å². The summed E-state index contributed by atoms with van der Waals surface area (Å²) in [5, 5.41) is 3.06. The summed E-state index contributed by atoms with van der Waals surface area (Å²) in [4.78, 5) is 8.26. The summed E-state index contributed by atoms with van der Waals surface area (Å²) in [6, 6.07) is 3.17. The van der Waals surface area contributed by atoms with Gasteiger partial charge in [-0.3, -0.25) is 0 Å². The fourth-order valence-corrected chi connectivity index (χ4v) is 2.51. The summed E-state index contributed by atoms with van der Waals surface area (Å²) in [6.45, 7) is 1.48. The van der Waals surface area contributed by atoms with Gasteiger partial charge in [-0.25, -0.2) is 18.4 Å². The zero-order valence-electron chi connectivity index (χ0n) is 10.7. The highest BCUT2D eigenvalue weighted by Gasteiger charge is 2.13. The normalized spacial score (nSPS) is 11.4. The van der Waals surface area contributed by atoms with Crippen molar-refractivity contribution in [2.45, 2.75) is 17.9 Å². The topological polar surface area (TPSA) is 76.9 Å². The van der Waals surface area contributed by atoms with Gasteiger partial charge in [0.25, 0.3) is 0 Å². The quantitative estimate of drug-likeness (QED) is 0.804. The monoisotopic (exact) mass is 280 g/mol. The molecule has 0 amide bonds. The van der Waals surface area contributed by atoms with Crippen molar-refractivity contribution in [2.75, 3.05) is 18.1 Å². The first-order chi connectivity index (χ1) is 9.07. The van der Waals surface area contributed by atoms with Gasteiger partial charge in [0.15, 0.2) is 9.84 Å². The number of imidazole rings is 1. The Bertz CT molecular complexity index is 623. The van der Waals surface area contributed by atoms with Crippen molar-refractivity contribution in [1.29, 1.82) is 0 Å². The predicted octanol–water partition coefficient (Wildman–Crippen LogP) is 1.18. The number of rotatable bonds is 6. The molecule has 0 unspecified atom stereocenters. The van der Waals surface area contributed by atoms with Crippen LogP contribution in [-0.4, -0.2) is 35.8 Å². The number of aromatic nitrogens is 3. The molecular weight excluding hydrogens is 264 g/mol. The Balaban J connectivity index is 1.93. The molecule has 1 N–H and O–H groups in total. The van der Waals surface area contributed by atoms with Gasteiger partial charge in [-0.1, -0.05) is 0 Å². The van der Waals surface area contributed by atoms with Crippen molar-refractivity contribution in [3.8, 4) is 0 Å². The van der Waals surface area contributed by atoms with E-state index in [1.165, 1.54) is 6.26 Å². The Morgan fingerprint density at radius 2 is 2.21 bits per heavy atom. The molecule has 102 valence electrons. The third kappa shape index (κ3) is 3.78. The van der Waals surface area contributed by atoms with Crippen LogP contribution in [-0.2, 0) is 16.4 Å². The van der Waals surface area contributed by atoms with E-state index in [2.05, 4.69) is 15.3 Å². The fourth-order valence-electron chi connectivity index (χ4n) is 1.71. The van der Waals surface area contributed by atoms with Gasteiger partial charge >= 0.3 is 0 Å². The number of nitrogens with zero attached hydrogens (tertiary/aromatic N) is 3. The molecule has 7 heteroatoms. The lowest BCUT2D eigenvalue weighted by atomic mass is 10.4. The summed E-state index contributed by atoms with van der Waals surface area (Å²) in [7, 11) is -3.25. The molecule has 0 aliphatic rings. The van der Waals surface area contributed by atoms with E-state index < -0.39 is 9.84 Å². The molecular formula is C12H16N4O2S. The molecule has 2 aromatic rings. The van der Waals surface area contributed by atoms with Crippen molar-refractivity contribution in [3.05, 3.63) is 37.1 Å². The van der Waals surface area contributed by atoms with E-state index in [9.17, 15) is 8.42 Å². The molecule has 2 aromatic heterocycles. The third-order valence-electron chi connectivity index (χ3n) is 2.61. The molecule has 0 bridgehead atoms. The van der Waals surface area contributed by atoms with E-state index in [-0.39, 0.29) is 4.90 Å². The Morgan fingerprint density at radius 1 is 1.37 bits per heavy atom. The van der Waals surface area contributed by atoms with Crippen LogP contribution in [0.3, 0.4) is 0 Å². The molecule has 0 atom stereocenters. The number of hydrogen-bond donors (Lipinski definition) is 1. The molecule has 0 radical (unpaired) electrons. The Morgan fingerprint density at radius 3 is 2.89 bits per heavy atom. The van der Waals surface area contributed by atoms with Gasteiger partial charge in [0.1, 0.15) is 10.7 Å². The van der Waals surface area contributed by atoms with Crippen LogP contribution in [0, 0.1) is 0 Å². The van der Waals surface area contributed by atoms with Gasteiger partial charge in [0, 0.05) is 37.9 Å². The lowest BCUT2D eigenvalue weighted by Crippen LogP contribution is -2.10. The van der Waals surface area contributed by atoms with Crippen LogP contribution in [0.15, 0.2) is 41.9 Å². The van der Waals surface area contributed by atoms with Crippen LogP contribution in [0.1, 0.15) is 6.42 Å². The molecule has 0 fully saturated rings. The third-order valence-corrected chi connectivity index (χ3v) is 3.74. The lowest BCUT2D eigenvalue weighted by Gasteiger charge is -2.09. The largest absolute Gasteiger partial charge is 0.369 e. The minimum absolute atomic E-state index is 0.234. The fraction of sp³-hybridized carbons (Fsp3) is 0.333. The Kier molecular flexibility index (Phi) is 4.16. The molecule has 0 aliphatic heterocycles. The Hall–Kier alpha value is -1.89. The Labute approximate surface area is 112 Å². The van der Waals surface area contributed by atoms with Gasteiger partial charge in [-0.2, -0.15) is 0 Å². The first-order valence-electron chi connectivity index (χ1n) is 5.92. The highest BCUT2D eigenvalue weighted by molar-refractivity contribution is 7.90. The molecule has 6 nitrogen and oxygen atoms in total. The van der Waals surface area contributed by atoms with E-state index >= 15 is 0 Å². The minimum atomic E-state index is -3.25. The van der Waals surface area contributed by atoms with Gasteiger partial charge in [0.05, 0.1) is 6.33 Å². The highest BCUT2D eigenvalue weighted by atomic mass is 32.2. The molecule has 19 heavy (non-hydrogen) atoms. The second kappa shape index (κ2) is 5.83. The van der Waals surface area contributed by atoms with Crippen LogP contribution >= 0.6 is 0 Å². The van der Waals surface area contributed by atoms with E-state index in [0.29, 0.717) is 12.4 Å². The predicted molar refractivity (Wildman–Crippen MR) is 72.7 cm³/mol. The second-order valence-corrected chi connectivity index (χ2v) is 6.19. The standard InChI is InChI=1S/C12H16N4O2S/c1-19(17,18)11-4-2-5-14-12(11)15-6-3-8-16-9-7-13-10-16/h2,4-5,7,9-10H,3,6,8H2,1H3,(H,14,15). The van der Waals surface area contributed by atoms with Crippen LogP contribution in [0.2, 0.25) is 0 Å². The molecule has 0 saturated heterocycles. The van der Waals surface area contributed by atoms with Gasteiger partial charge in [0.2, 0.25) is 0 Å². The van der Waals surface area contributed by atoms with Crippen molar-refractivity contribution in [1.82, 2.24) is 14.5 Å². The number of nitrogens with one attached hydrogen (secondary N) is 1. The first kappa shape index (κ1) is 13.5. The average molecular weight is 280 g/mol. The molecule has 0 spiro atoms. The van der Waals surface area contributed by atoms with Gasteiger partial charge < -0.3 is 9.88 Å². The zero-order chi connectivity index (χ0) is 13.7. The molecule has 0 aromatic carbocycles. The molecule has 0 aliphatic carbocycles. The van der Waals surface area contributed by atoms with Gasteiger partial charge in [-0.05, 0) is 18.6 Å². The SMILES string of the molecule is CS(=O)(=O)c1cccnc1NCCCn1ccnc1. The first-order valence-corrected chi connectivity index (χ1v) is 7.81. The maximum absolute atomic E-state index is 11.6. The van der Waals surface area contributed by atoms with E-state index in [1.54, 1.807) is 30.9 Å². The average Bonchev–Trinajstić information content (AvgIpc) is 2.87. The van der Waals surface area contributed by atoms with Crippen LogP contribution in [0.5, 0.6) is 0 Å². The summed E-state index contributed by atoms with van der Waals surface area (Å²) >= 11 is 0. The molecule has 2 heterocycles. The van der Waals surface area contributed by atoms with E-state index in [4.69, 9.17) is 0 Å². The number of aryl methyl sites for hydroxylation is 1. The maximum atomic E-state index is 11.6. The highest BCUT2D eigenvalue weighted by Crippen LogP contribution is 2.17. The number of pyridine rings is 1. The van der Waals surface area contributed by atoms with Crippen LogP contribution < -0.4 is 5.32 Å². The van der Waals surface area contributed by atoms with E-state index in [1.807, 2.05) is 10.8 Å². The summed E-state index contributed by atoms with van der Waals surface area (Å²) < 4.78 is 25.1. The molecule has 0 saturated carbocycles. The van der Waals surface area contributed by atoms with Crippen molar-refractivity contribution in [3.63, 3.8) is 0 Å². The molecule has 2 rings (SSSR count). The number of hydrogen-bond acceptors (Lipinski definition) is 5. The zero-order valence-corrected chi connectivity index (χ0v) is 11.5. The minimum Gasteiger partial charge on any atom is -0.369 e. The van der Waals surface area contributed by atoms with Crippen LogP contribution in [0.4, 0.5) is 5.82 Å². The van der Waals surface area contributed by atoms with Crippen LogP contribution in [0.25, 0.3) is 0 Å². The van der Waals surface area contributed by atoms with Gasteiger partial charge in [-0.15, -0.1) is 0 Å². The lowest BCUT2D eigenvalue weighted by molar-refractivity contribution is 0.601.